The lowest BCUT2D eigenvalue weighted by Gasteiger charge is -2.26. The molecule has 6 heterocycles. The number of unbranched alkanes of at least 4 members (excludes halogenated alkanes) is 3. The minimum absolute atomic E-state index is 0.0217. The van der Waals surface area contributed by atoms with Gasteiger partial charge in [-0.15, -0.1) is 26.4 Å². The van der Waals surface area contributed by atoms with Crippen LogP contribution in [0, 0.1) is 5.41 Å². The van der Waals surface area contributed by atoms with Crippen molar-refractivity contribution in [2.45, 2.75) is 127 Å². The molecule has 6 aliphatic rings. The summed E-state index contributed by atoms with van der Waals surface area (Å²) >= 11 is 0. The van der Waals surface area contributed by atoms with Crippen molar-refractivity contribution in [3.05, 3.63) is 212 Å². The third-order valence-corrected chi connectivity index (χ3v) is 26.7. The topological polar surface area (TPSA) is 681 Å². The first-order valence-corrected chi connectivity index (χ1v) is 54.0. The number of nitrogens with two attached hydrogens (primary N) is 7. The van der Waals surface area contributed by atoms with Crippen molar-refractivity contribution in [2.24, 2.45) is 71.3 Å². The van der Waals surface area contributed by atoms with Gasteiger partial charge in [0.25, 0.3) is 70.3 Å². The molecule has 728 valence electrons. The summed E-state index contributed by atoms with van der Waals surface area (Å²) in [5.41, 5.74) is 41.9. The number of ether oxygens (including phenoxy) is 5. The van der Waals surface area contributed by atoms with Gasteiger partial charge in [-0.3, -0.25) is 22.7 Å². The van der Waals surface area contributed by atoms with Crippen LogP contribution in [0.4, 0.5) is 16.2 Å². The van der Waals surface area contributed by atoms with Gasteiger partial charge in [0, 0.05) is 59.4 Å². The number of fused-ring (bicyclic) bond motifs is 6. The number of sulfonamides is 6. The minimum Gasteiger partial charge on any atom is -0.493 e. The zero-order valence-electron chi connectivity index (χ0n) is 74.4. The van der Waals surface area contributed by atoms with Crippen LogP contribution in [-0.2, 0) is 137 Å². The molecule has 0 bridgehead atoms. The van der Waals surface area contributed by atoms with Crippen LogP contribution in [0.2, 0.25) is 0 Å². The molecule has 0 saturated carbocycles. The van der Waals surface area contributed by atoms with Crippen LogP contribution in [-0.4, -0.2) is 199 Å². The number of amidine groups is 6. The van der Waals surface area contributed by atoms with Gasteiger partial charge < -0.3 is 74.0 Å². The number of rotatable bonds is 31. The van der Waals surface area contributed by atoms with Gasteiger partial charge in [-0.2, -0.15) is 8.42 Å². The fourth-order valence-corrected chi connectivity index (χ4v) is 20.6. The van der Waals surface area contributed by atoms with Gasteiger partial charge in [0.2, 0.25) is 0 Å². The van der Waals surface area contributed by atoms with Gasteiger partial charge in [0.05, 0.1) is 103 Å². The molecule has 1 atom stereocenters. The summed E-state index contributed by atoms with van der Waals surface area (Å²) in [6.45, 7) is 14.2. The van der Waals surface area contributed by atoms with Crippen LogP contribution in [0.1, 0.15) is 164 Å². The Balaban J connectivity index is 0.000000199. The lowest BCUT2D eigenvalue weighted by molar-refractivity contribution is -0.119. The average molecular weight is 2010 g/mol. The summed E-state index contributed by atoms with van der Waals surface area (Å²) in [4.78, 5) is 45.8. The number of alkyl carbamates (subject to hydrolysis) is 1. The first kappa shape index (κ1) is 107. The molecule has 6 aliphatic heterocycles. The molecule has 1 unspecified atom stereocenters. The fourth-order valence-electron chi connectivity index (χ4n) is 13.3. The van der Waals surface area contributed by atoms with Gasteiger partial charge in [0.15, 0.2) is 11.6 Å². The largest absolute Gasteiger partial charge is 0.493 e. The molecule has 0 spiro atoms. The second kappa shape index (κ2) is 45.8. The van der Waals surface area contributed by atoms with E-state index >= 15 is 0 Å². The fraction of sp³-hybridized carbons (Fsp3) is 0.369. The lowest BCUT2D eigenvalue weighted by Crippen LogP contribution is -2.32. The quantitative estimate of drug-likeness (QED) is 0.0115. The van der Waals surface area contributed by atoms with E-state index in [1.165, 1.54) is 13.8 Å². The van der Waals surface area contributed by atoms with Crippen LogP contribution in [0.5, 0.6) is 23.0 Å². The Hall–Kier alpha value is -12.0. The van der Waals surface area contributed by atoms with Crippen LogP contribution < -0.4 is 74.4 Å². The van der Waals surface area contributed by atoms with E-state index in [-0.39, 0.29) is 133 Å². The highest BCUT2D eigenvalue weighted by Gasteiger charge is 2.33. The monoisotopic (exact) mass is 2010 g/mol. The van der Waals surface area contributed by atoms with Crippen molar-refractivity contribution >= 4 is 156 Å². The third kappa shape index (κ3) is 34.5. The van der Waals surface area contributed by atoms with Gasteiger partial charge in [-0.05, 0) is 123 Å². The highest BCUT2D eigenvalue weighted by molar-refractivity contribution is 7.93. The number of carbonyl (C=O) groups excluding carboxylic acids is 4. The van der Waals surface area contributed by atoms with E-state index in [0.717, 1.165) is 31.9 Å². The number of anilines is 2. The van der Waals surface area contributed by atoms with Crippen LogP contribution in [0.3, 0.4) is 0 Å². The summed E-state index contributed by atoms with van der Waals surface area (Å²) in [5, 5.41) is 13.7. The average Bonchev–Trinajstić information content (AvgIpc) is 0.807. The molecule has 0 saturated heterocycles. The minimum atomic E-state index is -3.59. The Morgan fingerprint density at radius 2 is 0.754 bits per heavy atom. The Morgan fingerprint density at radius 3 is 1.13 bits per heavy atom. The molecule has 0 aliphatic carbocycles. The summed E-state index contributed by atoms with van der Waals surface area (Å²) in [5.74, 6) is 3.35. The Bertz CT molecular complexity index is 6640. The van der Waals surface area contributed by atoms with E-state index < -0.39 is 97.4 Å². The summed E-state index contributed by atoms with van der Waals surface area (Å²) in [7, 11) is -27.8. The predicted molar refractivity (Wildman–Crippen MR) is 512 cm³/mol. The smallest absolute Gasteiger partial charge is 0.407 e. The molecule has 42 nitrogen and oxygen atoms in total. The highest BCUT2D eigenvalue weighted by Crippen LogP contribution is 2.35. The van der Waals surface area contributed by atoms with Crippen LogP contribution in [0.25, 0.3) is 0 Å². The molecule has 7 aromatic carbocycles. The van der Waals surface area contributed by atoms with Crippen molar-refractivity contribution in [3.8, 4) is 23.0 Å². The number of benzene rings is 7. The van der Waals surface area contributed by atoms with E-state index in [4.69, 9.17) is 67.4 Å². The number of hydrogen-bond donors (Lipinski definition) is 10. The number of amides is 1. The molecular formula is C84H108N16O26S8. The molecule has 0 aromatic heterocycles. The molecule has 0 radical (unpaired) electrons. The molecular weight excluding hydrogens is 1910 g/mol. The number of hydrogen-bond acceptors (Lipinski definition) is 34. The summed E-state index contributed by atoms with van der Waals surface area (Å²) < 4.78 is 230. The van der Waals surface area contributed by atoms with Gasteiger partial charge >= 0.3 is 6.09 Å². The summed E-state index contributed by atoms with van der Waals surface area (Å²) in [6.07, 6.45) is 4.92. The first-order chi connectivity index (χ1) is 62.4. The summed E-state index contributed by atoms with van der Waals surface area (Å²) in [6, 6.07) is 39.7. The second-order valence-electron chi connectivity index (χ2n) is 32.4. The van der Waals surface area contributed by atoms with Gasteiger partial charge in [-0.1, -0.05) is 130 Å². The van der Waals surface area contributed by atoms with Crippen molar-refractivity contribution in [2.75, 3.05) is 76.2 Å². The number of nitrogens with one attached hydrogen (secondary N) is 3. The van der Waals surface area contributed by atoms with E-state index in [1.54, 1.807) is 121 Å². The van der Waals surface area contributed by atoms with Gasteiger partial charge in [-0.25, -0.2) is 64.6 Å². The number of ketones is 3. The maximum atomic E-state index is 12.5. The predicted octanol–water partition coefficient (Wildman–Crippen LogP) is 5.20. The van der Waals surface area contributed by atoms with Crippen LogP contribution in [0.15, 0.2) is 166 Å². The maximum absolute atomic E-state index is 12.5. The van der Waals surface area contributed by atoms with Crippen molar-refractivity contribution in [1.82, 2.24) is 5.32 Å². The third-order valence-electron chi connectivity index (χ3n) is 18.6. The number of nitrogens with zero attached hydrogens (tertiary/aromatic N) is 6. The lowest BCUT2D eigenvalue weighted by atomic mass is 9.86. The Kier molecular flexibility index (Phi) is 36.7. The SMILES string of the molecule is C=S(N)(=O)OCCCOc1cccc2c1C(N)=NS(=O)(=O)C2.CC(=O)CNc1cccc2c1C(N)=NS(=O)(=O)C2.CC(=O)COc1cccc2c1C(N)=NS(=O)(=O)C2.CC(C)(C)OC(=O)NCCCCCCOc1cccc2c1C(N)=NS(=O)(=O)C2.CC(C)(COc1cccc2c1C(N)=NS(=O)(=O)C2)CC(=O)c1ccccc1.CS(=O)(=O)OCCNc1cccc2c1C(N)=NS(=O)(=O)C2. The van der Waals surface area contributed by atoms with E-state index in [2.05, 4.69) is 52.4 Å². The maximum Gasteiger partial charge on any atom is 0.407 e. The Morgan fingerprint density at radius 1 is 0.403 bits per heavy atom. The highest BCUT2D eigenvalue weighted by atomic mass is 32.2. The molecule has 17 N–H and O–H groups in total. The molecule has 50 heteroatoms. The molecule has 0 fully saturated rings. The molecule has 13 rings (SSSR count). The normalized spacial score (nSPS) is 16.5. The van der Waals surface area contributed by atoms with Crippen LogP contribution >= 0.6 is 0 Å². The molecule has 1 amide bonds. The molecule has 134 heavy (non-hydrogen) atoms. The van der Waals surface area contributed by atoms with Crippen molar-refractivity contribution < 1.29 is 114 Å². The first-order valence-electron chi connectivity index (χ1n) is 40.8. The van der Waals surface area contributed by atoms with Crippen molar-refractivity contribution in [3.63, 3.8) is 0 Å². The van der Waals surface area contributed by atoms with E-state index in [1.807, 2.05) is 52.8 Å². The Labute approximate surface area is 779 Å². The zero-order chi connectivity index (χ0) is 99.2. The number of carbonyl (C=O) groups is 4. The zero-order valence-corrected chi connectivity index (χ0v) is 81.0. The molecule has 7 aromatic rings. The standard InChI is InChI=1S/C20H22N2O4S.C19H29N3O5S.C12H17N3O5S2.C11H15N3O5S2.C11H13N3O3S.C11H12N2O4S/c1-20(2,11-16(23)14-7-4-3-5-8-14)13-26-17-10-6-9-15-12-27(24,25)22-19(21)18(15)17;1-19(2,3)27-18(23)21-11-6-4-5-7-12-26-15-10-8-9-14-13-28(24,25)22-17(20)16(14)15;1-21(14,16)20-7-3-6-19-10-5-2-4-9-8-22(17,18)15-12(13)11(9)10;1-20(15,16)19-6-5-13-9-4-2-3-8-7-21(17,18)14-11(12)10(8)9;1-7(15)5-13-9-4-2-3-8-6-18(16,17)14-11(12)10(8)9;1-7(14)5-17-9-4-2-3-8-6-18(15,16)13-11(12)10(8)9/h3-10H,11-13H2,1-2H3,(H2,21,22);8-10H,4-7,11-13H2,1-3H3,(H2,20,22)(H,21,23);2,4-5H,1,3,6-8H2,(H2,13,15)(H2,14,16);2-4,13H,5-7H2,1H3,(H2,12,14);2-4,13H,5-6H2,1H3,(H2,12,14);2-4H,5-6H2,1H3,(H2,12,13). The van der Waals surface area contributed by atoms with E-state index in [0.29, 0.717) is 133 Å². The number of Topliss-reactive ketones (excluding diaryl/α,β-unsaturated/α-hetero) is 3. The van der Waals surface area contributed by atoms with Gasteiger partial charge in [0.1, 0.15) is 86.0 Å². The second-order valence-corrected chi connectivity index (χ2v) is 45.4. The van der Waals surface area contributed by atoms with E-state index in [9.17, 15) is 82.3 Å². The van der Waals surface area contributed by atoms with Crippen molar-refractivity contribution in [1.29, 1.82) is 0 Å².